The van der Waals surface area contributed by atoms with Crippen LogP contribution in [0.25, 0.3) is 17.4 Å². The number of furan rings is 1. The van der Waals surface area contributed by atoms with E-state index in [2.05, 4.69) is 0 Å². The Hall–Kier alpha value is -3.48. The maximum atomic E-state index is 12.9. The Morgan fingerprint density at radius 1 is 1.13 bits per heavy atom. The highest BCUT2D eigenvalue weighted by molar-refractivity contribution is 7.85. The number of rotatable bonds is 5. The van der Waals surface area contributed by atoms with Crippen molar-refractivity contribution < 1.29 is 27.0 Å². The number of carbonyl (C=O) groups excluding carboxylic acids is 2. The molecule has 0 saturated heterocycles. The summed E-state index contributed by atoms with van der Waals surface area (Å²) in [5, 5.41) is 9.41. The van der Waals surface area contributed by atoms with Crippen LogP contribution in [-0.4, -0.2) is 36.2 Å². The fraction of sp³-hybridized carbons (Fsp3) is 0.227. The number of hydrogen-bond acceptors (Lipinski definition) is 6. The molecule has 160 valence electrons. The quantitative estimate of drug-likeness (QED) is 0.428. The van der Waals surface area contributed by atoms with E-state index in [1.165, 1.54) is 30.3 Å². The van der Waals surface area contributed by atoms with Crippen LogP contribution in [0.3, 0.4) is 0 Å². The van der Waals surface area contributed by atoms with E-state index in [0.29, 0.717) is 17.1 Å². The lowest BCUT2D eigenvalue weighted by Gasteiger charge is -2.28. The van der Waals surface area contributed by atoms with Gasteiger partial charge in [0.1, 0.15) is 23.2 Å². The lowest BCUT2D eigenvalue weighted by molar-refractivity contribution is -0.141. The molecule has 1 aliphatic heterocycles. The van der Waals surface area contributed by atoms with E-state index in [9.17, 15) is 23.3 Å². The van der Waals surface area contributed by atoms with Gasteiger partial charge in [-0.3, -0.25) is 19.0 Å². The summed E-state index contributed by atoms with van der Waals surface area (Å²) >= 11 is 0. The number of amides is 2. The summed E-state index contributed by atoms with van der Waals surface area (Å²) in [6, 6.07) is 10.6. The van der Waals surface area contributed by atoms with E-state index >= 15 is 0 Å². The average Bonchev–Trinajstić information content (AvgIpc) is 3.17. The normalized spacial score (nSPS) is 16.4. The molecule has 0 fully saturated rings. The molecule has 8 nitrogen and oxygen atoms in total. The molecule has 0 radical (unpaired) electrons. The summed E-state index contributed by atoms with van der Waals surface area (Å²) in [6.07, 6.45) is 1.48. The van der Waals surface area contributed by atoms with Crippen LogP contribution in [0, 0.1) is 17.2 Å². The Labute approximate surface area is 179 Å². The van der Waals surface area contributed by atoms with Crippen LogP contribution in [-0.2, 0) is 19.7 Å². The fourth-order valence-corrected chi connectivity index (χ4v) is 3.66. The SMILES string of the molecule is CC1=C(C#N)C(=O)N(CC(C)C)C(=O)/C1=C/c1ccc(-c2ccc(S(=O)(=O)O)cc2)o1. The average molecular weight is 440 g/mol. The minimum Gasteiger partial charge on any atom is -0.457 e. The summed E-state index contributed by atoms with van der Waals surface area (Å²) in [7, 11) is -4.30. The molecule has 0 bridgehead atoms. The Kier molecular flexibility index (Phi) is 5.97. The Morgan fingerprint density at radius 2 is 1.77 bits per heavy atom. The molecule has 2 amide bonds. The van der Waals surface area contributed by atoms with Gasteiger partial charge in [-0.1, -0.05) is 13.8 Å². The van der Waals surface area contributed by atoms with Crippen molar-refractivity contribution in [3.05, 3.63) is 58.9 Å². The van der Waals surface area contributed by atoms with E-state index in [1.54, 1.807) is 19.1 Å². The predicted molar refractivity (Wildman–Crippen MR) is 112 cm³/mol. The lowest BCUT2D eigenvalue weighted by atomic mass is 9.94. The van der Waals surface area contributed by atoms with E-state index in [1.807, 2.05) is 19.9 Å². The molecule has 1 N–H and O–H groups in total. The van der Waals surface area contributed by atoms with E-state index in [4.69, 9.17) is 8.97 Å². The summed E-state index contributed by atoms with van der Waals surface area (Å²) in [5.41, 5.74) is 0.958. The minimum absolute atomic E-state index is 0.0356. The molecule has 1 aliphatic rings. The van der Waals surface area contributed by atoms with E-state index in [-0.39, 0.29) is 34.1 Å². The molecule has 1 aromatic heterocycles. The second-order valence-corrected chi connectivity index (χ2v) is 8.91. The van der Waals surface area contributed by atoms with Crippen molar-refractivity contribution in [2.75, 3.05) is 6.54 Å². The van der Waals surface area contributed by atoms with Crippen molar-refractivity contribution in [2.45, 2.75) is 25.7 Å². The molecule has 2 heterocycles. The topological polar surface area (TPSA) is 129 Å². The molecule has 31 heavy (non-hydrogen) atoms. The van der Waals surface area contributed by atoms with Crippen molar-refractivity contribution >= 4 is 28.0 Å². The van der Waals surface area contributed by atoms with Gasteiger partial charge in [0, 0.05) is 17.7 Å². The molecular weight excluding hydrogens is 420 g/mol. The predicted octanol–water partition coefficient (Wildman–Crippen LogP) is 3.44. The monoisotopic (exact) mass is 440 g/mol. The van der Waals surface area contributed by atoms with Crippen LogP contribution >= 0.6 is 0 Å². The lowest BCUT2D eigenvalue weighted by Crippen LogP contribution is -2.44. The van der Waals surface area contributed by atoms with Crippen LogP contribution < -0.4 is 0 Å². The molecule has 9 heteroatoms. The maximum absolute atomic E-state index is 12.9. The smallest absolute Gasteiger partial charge is 0.294 e. The summed E-state index contributed by atoms with van der Waals surface area (Å²) in [4.78, 5) is 26.3. The number of nitrogens with zero attached hydrogens (tertiary/aromatic N) is 2. The third-order valence-electron chi connectivity index (χ3n) is 4.72. The van der Waals surface area contributed by atoms with Gasteiger partial charge in [-0.25, -0.2) is 0 Å². The van der Waals surface area contributed by atoms with E-state index in [0.717, 1.165) is 4.90 Å². The molecule has 0 unspecified atom stereocenters. The fourth-order valence-electron chi connectivity index (χ4n) is 3.18. The highest BCUT2D eigenvalue weighted by Crippen LogP contribution is 2.30. The number of nitriles is 1. The van der Waals surface area contributed by atoms with Gasteiger partial charge in [0.2, 0.25) is 0 Å². The molecular formula is C22H20N2O6S. The van der Waals surface area contributed by atoms with Crippen LogP contribution in [0.4, 0.5) is 0 Å². The van der Waals surface area contributed by atoms with Crippen molar-refractivity contribution in [3.8, 4) is 17.4 Å². The number of hydrogen-bond donors (Lipinski definition) is 1. The van der Waals surface area contributed by atoms with Crippen LogP contribution in [0.15, 0.2) is 62.4 Å². The van der Waals surface area contributed by atoms with Gasteiger partial charge in [-0.2, -0.15) is 13.7 Å². The molecule has 0 aliphatic carbocycles. The standard InChI is InChI=1S/C22H20N2O6S/c1-13(2)12-24-21(25)18(14(3)19(11-23)22(24)26)10-16-6-9-20(30-16)15-4-7-17(8-5-15)31(27,28)29/h4-10,13H,12H2,1-3H3,(H,27,28,29)/b18-10+. The number of benzene rings is 1. The highest BCUT2D eigenvalue weighted by Gasteiger charge is 2.35. The van der Waals surface area contributed by atoms with Gasteiger partial charge in [-0.15, -0.1) is 0 Å². The molecule has 1 aromatic carbocycles. The van der Waals surface area contributed by atoms with E-state index < -0.39 is 21.9 Å². The first-order chi connectivity index (χ1) is 14.5. The van der Waals surface area contributed by atoms with Crippen LogP contribution in [0.2, 0.25) is 0 Å². The molecule has 0 atom stereocenters. The zero-order valence-electron chi connectivity index (χ0n) is 17.1. The first-order valence-electron chi connectivity index (χ1n) is 9.40. The van der Waals surface area contributed by atoms with Crippen molar-refractivity contribution in [1.82, 2.24) is 4.90 Å². The number of carbonyl (C=O) groups is 2. The third-order valence-corrected chi connectivity index (χ3v) is 5.59. The highest BCUT2D eigenvalue weighted by atomic mass is 32.2. The van der Waals surface area contributed by atoms with Crippen molar-refractivity contribution in [2.24, 2.45) is 5.92 Å². The second-order valence-electron chi connectivity index (χ2n) is 7.49. The molecule has 2 aromatic rings. The third kappa shape index (κ3) is 4.50. The zero-order chi connectivity index (χ0) is 22.9. The van der Waals surface area contributed by atoms with Gasteiger partial charge >= 0.3 is 0 Å². The van der Waals surface area contributed by atoms with Gasteiger partial charge in [0.25, 0.3) is 21.9 Å². The Balaban J connectivity index is 1.98. The maximum Gasteiger partial charge on any atom is 0.294 e. The number of imide groups is 1. The van der Waals surface area contributed by atoms with Crippen LogP contribution in [0.5, 0.6) is 0 Å². The van der Waals surface area contributed by atoms with Crippen molar-refractivity contribution in [3.63, 3.8) is 0 Å². The summed E-state index contributed by atoms with van der Waals surface area (Å²) in [6.45, 7) is 5.47. The Bertz CT molecular complexity index is 1260. The van der Waals surface area contributed by atoms with Gasteiger partial charge in [0.05, 0.1) is 4.90 Å². The largest absolute Gasteiger partial charge is 0.457 e. The first kappa shape index (κ1) is 22.2. The summed E-state index contributed by atoms with van der Waals surface area (Å²) in [5.74, 6) is -0.323. The van der Waals surface area contributed by atoms with Crippen molar-refractivity contribution in [1.29, 1.82) is 5.26 Å². The first-order valence-corrected chi connectivity index (χ1v) is 10.8. The van der Waals surface area contributed by atoms with Gasteiger partial charge in [0.15, 0.2) is 0 Å². The second kappa shape index (κ2) is 8.34. The minimum atomic E-state index is -4.30. The molecule has 0 saturated carbocycles. The molecule has 3 rings (SSSR count). The zero-order valence-corrected chi connectivity index (χ0v) is 17.9. The molecule has 0 spiro atoms. The van der Waals surface area contributed by atoms with Crippen LogP contribution in [0.1, 0.15) is 26.5 Å². The summed E-state index contributed by atoms with van der Waals surface area (Å²) < 4.78 is 37.2. The Morgan fingerprint density at radius 3 is 2.32 bits per heavy atom. The van der Waals surface area contributed by atoms with Gasteiger partial charge < -0.3 is 4.42 Å². The van der Waals surface area contributed by atoms with Gasteiger partial charge in [-0.05, 0) is 60.9 Å².